The van der Waals surface area contributed by atoms with Gasteiger partial charge >= 0.3 is 0 Å². The van der Waals surface area contributed by atoms with E-state index in [1.807, 2.05) is 6.92 Å². The second-order valence-electron chi connectivity index (χ2n) is 6.40. The second kappa shape index (κ2) is 7.89. The zero-order valence-corrected chi connectivity index (χ0v) is 17.0. The smallest absolute Gasteiger partial charge is 0.211 e. The number of aryl methyl sites for hydroxylation is 1. The van der Waals surface area contributed by atoms with E-state index in [9.17, 15) is 16.8 Å². The molecule has 0 saturated carbocycles. The average Bonchev–Trinajstić information content (AvgIpc) is 2.55. The fourth-order valence-electron chi connectivity index (χ4n) is 2.63. The third-order valence-electron chi connectivity index (χ3n) is 4.38. The monoisotopic (exact) mass is 409 g/mol. The lowest BCUT2D eigenvalue weighted by Crippen LogP contribution is -2.45. The molecule has 1 aromatic rings. The van der Waals surface area contributed by atoms with E-state index in [-0.39, 0.29) is 17.4 Å². The van der Waals surface area contributed by atoms with Crippen LogP contribution in [0.4, 0.5) is 0 Å². The van der Waals surface area contributed by atoms with Crippen molar-refractivity contribution in [3.63, 3.8) is 0 Å². The topological polar surface area (TPSA) is 86.8 Å². The predicted octanol–water partition coefficient (Wildman–Crippen LogP) is 1.45. The fraction of sp³-hybridized carbons (Fsp3) is 0.600. The normalized spacial score (nSPS) is 18.0. The van der Waals surface area contributed by atoms with Gasteiger partial charge in [-0.15, -0.1) is 0 Å². The molecule has 0 amide bonds. The molecule has 1 N–H and O–H groups in total. The summed E-state index contributed by atoms with van der Waals surface area (Å²) in [6.45, 7) is 2.87. The number of sulfonamides is 1. The van der Waals surface area contributed by atoms with Crippen molar-refractivity contribution in [2.75, 3.05) is 33.7 Å². The van der Waals surface area contributed by atoms with Crippen LogP contribution >= 0.6 is 11.6 Å². The maximum Gasteiger partial charge on any atom is 0.281 e. The lowest BCUT2D eigenvalue weighted by Gasteiger charge is -2.32. The molecule has 10 heteroatoms. The van der Waals surface area contributed by atoms with Crippen LogP contribution in [0.1, 0.15) is 18.4 Å². The zero-order valence-electron chi connectivity index (χ0n) is 14.6. The van der Waals surface area contributed by atoms with Crippen LogP contribution in [0.3, 0.4) is 0 Å². The van der Waals surface area contributed by atoms with Gasteiger partial charge in [0.05, 0.1) is 4.90 Å². The Kier molecular flexibility index (Phi) is 6.50. The highest BCUT2D eigenvalue weighted by atomic mass is 35.5. The lowest BCUT2D eigenvalue weighted by atomic mass is 9.99. The van der Waals surface area contributed by atoms with E-state index in [1.54, 1.807) is 6.07 Å². The van der Waals surface area contributed by atoms with Crippen molar-refractivity contribution in [3.8, 4) is 0 Å². The van der Waals surface area contributed by atoms with Gasteiger partial charge in [-0.2, -0.15) is 17.0 Å². The molecule has 2 rings (SSSR count). The number of nitrogens with one attached hydrogen (secondary N) is 1. The van der Waals surface area contributed by atoms with E-state index in [4.69, 9.17) is 11.6 Å². The lowest BCUT2D eigenvalue weighted by molar-refractivity contribution is 0.263. The molecule has 0 bridgehead atoms. The average molecular weight is 410 g/mol. The molecule has 1 fully saturated rings. The molecule has 0 aliphatic carbocycles. The number of piperidine rings is 1. The first kappa shape index (κ1) is 20.6. The van der Waals surface area contributed by atoms with Gasteiger partial charge in [0.1, 0.15) is 0 Å². The molecular formula is C15H24ClN3O4S2. The molecular weight excluding hydrogens is 386 g/mol. The highest BCUT2D eigenvalue weighted by Crippen LogP contribution is 2.22. The highest BCUT2D eigenvalue weighted by molar-refractivity contribution is 7.89. The summed E-state index contributed by atoms with van der Waals surface area (Å²) in [5.41, 5.74) is 0.815. The molecule has 0 unspecified atom stereocenters. The van der Waals surface area contributed by atoms with Crippen LogP contribution in [0, 0.1) is 12.8 Å². The molecule has 1 heterocycles. The largest absolute Gasteiger partial charge is 0.281 e. The van der Waals surface area contributed by atoms with Crippen LogP contribution < -0.4 is 4.72 Å². The van der Waals surface area contributed by atoms with Crippen LogP contribution in [0.2, 0.25) is 5.02 Å². The number of halogens is 1. The number of rotatable bonds is 6. The first-order valence-electron chi connectivity index (χ1n) is 7.97. The Bertz CT molecular complexity index is 817. The van der Waals surface area contributed by atoms with Gasteiger partial charge < -0.3 is 0 Å². The fourth-order valence-corrected chi connectivity index (χ4v) is 5.15. The summed E-state index contributed by atoms with van der Waals surface area (Å²) >= 11 is 5.99. The molecule has 0 aromatic heterocycles. The maximum atomic E-state index is 12.4. The Morgan fingerprint density at radius 2 is 1.80 bits per heavy atom. The SMILES string of the molecule is Cc1ccc(S(=O)(=O)NCC2CCN(S(=O)(=O)N(C)C)CC2)cc1Cl. The number of hydrogen-bond donors (Lipinski definition) is 1. The van der Waals surface area contributed by atoms with E-state index >= 15 is 0 Å². The molecule has 1 saturated heterocycles. The van der Waals surface area contributed by atoms with Crippen LogP contribution in [-0.2, 0) is 20.2 Å². The molecule has 1 aliphatic heterocycles. The van der Waals surface area contributed by atoms with E-state index in [0.29, 0.717) is 31.0 Å². The molecule has 7 nitrogen and oxygen atoms in total. The van der Waals surface area contributed by atoms with E-state index < -0.39 is 20.2 Å². The van der Waals surface area contributed by atoms with Crippen LogP contribution in [0.15, 0.2) is 23.1 Å². The molecule has 0 spiro atoms. The predicted molar refractivity (Wildman–Crippen MR) is 98.3 cm³/mol. The maximum absolute atomic E-state index is 12.4. The Morgan fingerprint density at radius 3 is 2.32 bits per heavy atom. The zero-order chi connectivity index (χ0) is 18.8. The van der Waals surface area contributed by atoms with E-state index in [0.717, 1.165) is 5.56 Å². The standard InChI is InChI=1S/C15H24ClN3O4S2/c1-12-4-5-14(10-15(12)16)24(20,21)17-11-13-6-8-19(9-7-13)25(22,23)18(2)3/h4-5,10,13,17H,6-9,11H2,1-3H3. The van der Waals surface area contributed by atoms with E-state index in [2.05, 4.69) is 4.72 Å². The van der Waals surface area contributed by atoms with Gasteiger partial charge in [-0.3, -0.25) is 0 Å². The van der Waals surface area contributed by atoms with Crippen LogP contribution in [0.25, 0.3) is 0 Å². The molecule has 1 aliphatic rings. The third-order valence-corrected chi connectivity index (χ3v) is 8.15. The second-order valence-corrected chi connectivity index (χ2v) is 10.7. The summed E-state index contributed by atoms with van der Waals surface area (Å²) in [7, 11) is -4.03. The van der Waals surface area contributed by atoms with Crippen molar-refractivity contribution in [1.29, 1.82) is 0 Å². The van der Waals surface area contributed by atoms with Crippen LogP contribution in [-0.4, -0.2) is 59.2 Å². The Hall–Kier alpha value is -0.710. The Morgan fingerprint density at radius 1 is 1.20 bits per heavy atom. The molecule has 1 aromatic carbocycles. The third kappa shape index (κ3) is 4.93. The summed E-state index contributed by atoms with van der Waals surface area (Å²) in [5.74, 6) is 0.101. The first-order chi connectivity index (χ1) is 11.5. The van der Waals surface area contributed by atoms with Crippen molar-refractivity contribution in [3.05, 3.63) is 28.8 Å². The highest BCUT2D eigenvalue weighted by Gasteiger charge is 2.30. The molecule has 142 valence electrons. The van der Waals surface area contributed by atoms with Gasteiger partial charge in [0.2, 0.25) is 10.0 Å². The van der Waals surface area contributed by atoms with Gasteiger partial charge in [0, 0.05) is 38.8 Å². The van der Waals surface area contributed by atoms with Crippen molar-refractivity contribution in [2.45, 2.75) is 24.7 Å². The summed E-state index contributed by atoms with van der Waals surface area (Å²) in [5, 5.41) is 0.407. The molecule has 0 atom stereocenters. The summed E-state index contributed by atoms with van der Waals surface area (Å²) in [4.78, 5) is 0.135. The summed E-state index contributed by atoms with van der Waals surface area (Å²) in [6, 6.07) is 4.63. The van der Waals surface area contributed by atoms with Crippen molar-refractivity contribution in [2.24, 2.45) is 5.92 Å². The van der Waals surface area contributed by atoms with Crippen LogP contribution in [0.5, 0.6) is 0 Å². The minimum Gasteiger partial charge on any atom is -0.211 e. The van der Waals surface area contributed by atoms with Gasteiger partial charge in [-0.25, -0.2) is 13.1 Å². The minimum absolute atomic E-state index is 0.101. The van der Waals surface area contributed by atoms with Gasteiger partial charge in [-0.05, 0) is 43.4 Å². The number of nitrogens with zero attached hydrogens (tertiary/aromatic N) is 2. The summed E-state index contributed by atoms with van der Waals surface area (Å²) < 4.78 is 54.1. The molecule has 25 heavy (non-hydrogen) atoms. The Labute approximate surface area is 155 Å². The van der Waals surface area contributed by atoms with Gasteiger partial charge in [0.15, 0.2) is 0 Å². The van der Waals surface area contributed by atoms with E-state index in [1.165, 1.54) is 34.8 Å². The minimum atomic E-state index is -3.63. The van der Waals surface area contributed by atoms with Crippen molar-refractivity contribution < 1.29 is 16.8 Å². The quantitative estimate of drug-likeness (QED) is 0.770. The Balaban J connectivity index is 1.93. The van der Waals surface area contributed by atoms with Gasteiger partial charge in [0.25, 0.3) is 10.2 Å². The summed E-state index contributed by atoms with van der Waals surface area (Å²) in [6.07, 6.45) is 1.23. The number of hydrogen-bond acceptors (Lipinski definition) is 4. The molecule has 0 radical (unpaired) electrons. The van der Waals surface area contributed by atoms with Gasteiger partial charge in [-0.1, -0.05) is 17.7 Å². The first-order valence-corrected chi connectivity index (χ1v) is 11.2. The number of benzene rings is 1. The van der Waals surface area contributed by atoms with Crippen molar-refractivity contribution in [1.82, 2.24) is 13.3 Å². The van der Waals surface area contributed by atoms with Crippen molar-refractivity contribution >= 4 is 31.8 Å².